The van der Waals surface area contributed by atoms with E-state index in [0.717, 1.165) is 16.1 Å². The molecule has 0 radical (unpaired) electrons. The lowest BCUT2D eigenvalue weighted by molar-refractivity contribution is -0.140. The predicted molar refractivity (Wildman–Crippen MR) is 139 cm³/mol. The number of benzene rings is 2. The smallest absolute Gasteiger partial charge is 0.244 e. The molecule has 0 saturated carbocycles. The second kappa shape index (κ2) is 12.8. The molecule has 0 unspecified atom stereocenters. The van der Waals surface area contributed by atoms with Gasteiger partial charge < -0.3 is 15.0 Å². The van der Waals surface area contributed by atoms with Crippen LogP contribution in [0.15, 0.2) is 48.5 Å². The number of amides is 2. The first-order valence-electron chi connectivity index (χ1n) is 11.4. The number of carbonyl (C=O) groups excluding carboxylic acids is 2. The van der Waals surface area contributed by atoms with Crippen LogP contribution < -0.4 is 14.4 Å². The Kier molecular flexibility index (Phi) is 10.4. The summed E-state index contributed by atoms with van der Waals surface area (Å²) in [4.78, 5) is 28.1. The number of rotatable bonds is 12. The molecule has 0 aromatic heterocycles. The molecule has 1 N–H and O–H groups in total. The van der Waals surface area contributed by atoms with Crippen molar-refractivity contribution in [1.82, 2.24) is 10.2 Å². The zero-order valence-electron chi connectivity index (χ0n) is 20.8. The molecular weight excluding hydrogens is 490 g/mol. The van der Waals surface area contributed by atoms with Gasteiger partial charge in [0.05, 0.1) is 19.1 Å². The quantitative estimate of drug-likeness (QED) is 0.457. The number of ether oxygens (including phenoxy) is 1. The number of methoxy groups -OCH3 is 1. The normalized spacial score (nSPS) is 12.2. The topological polar surface area (TPSA) is 96.0 Å². The van der Waals surface area contributed by atoms with Gasteiger partial charge in [-0.15, -0.1) is 0 Å². The van der Waals surface area contributed by atoms with Crippen molar-refractivity contribution in [2.45, 2.75) is 39.8 Å². The van der Waals surface area contributed by atoms with Crippen molar-refractivity contribution in [2.75, 3.05) is 30.8 Å². The summed E-state index contributed by atoms with van der Waals surface area (Å²) in [7, 11) is -2.49. The molecule has 0 bridgehead atoms. The van der Waals surface area contributed by atoms with Crippen LogP contribution >= 0.6 is 11.6 Å². The van der Waals surface area contributed by atoms with E-state index >= 15 is 0 Å². The van der Waals surface area contributed by atoms with Gasteiger partial charge >= 0.3 is 0 Å². The highest BCUT2D eigenvalue weighted by molar-refractivity contribution is 7.92. The van der Waals surface area contributed by atoms with Gasteiger partial charge in [-0.3, -0.25) is 13.9 Å². The van der Waals surface area contributed by atoms with Crippen molar-refractivity contribution >= 4 is 39.1 Å². The van der Waals surface area contributed by atoms with Gasteiger partial charge in [0.2, 0.25) is 21.8 Å². The molecule has 1 atom stereocenters. The lowest BCUT2D eigenvalue weighted by atomic mass is 10.1. The number of halogens is 1. The third-order valence-electron chi connectivity index (χ3n) is 5.35. The zero-order valence-corrected chi connectivity index (χ0v) is 22.4. The van der Waals surface area contributed by atoms with Crippen LogP contribution in [-0.2, 0) is 26.2 Å². The fourth-order valence-corrected chi connectivity index (χ4v) is 4.59. The number of anilines is 1. The maximum atomic E-state index is 13.7. The Hall–Kier alpha value is -2.78. The Morgan fingerprint density at radius 1 is 1.11 bits per heavy atom. The van der Waals surface area contributed by atoms with Crippen LogP contribution in [0.3, 0.4) is 0 Å². The van der Waals surface area contributed by atoms with Crippen LogP contribution in [0.1, 0.15) is 32.8 Å². The SMILES string of the molecule is CC[C@H](C(=O)NCC(C)C)N(Cc1ccccc1)C(=O)CN(c1cc(Cl)ccc1OC)S(C)(=O)=O. The number of nitrogens with one attached hydrogen (secondary N) is 1. The Morgan fingerprint density at radius 3 is 2.31 bits per heavy atom. The van der Waals surface area contributed by atoms with Crippen LogP contribution in [0.25, 0.3) is 0 Å². The molecule has 0 saturated heterocycles. The first kappa shape index (κ1) is 28.5. The van der Waals surface area contributed by atoms with E-state index in [0.29, 0.717) is 18.0 Å². The zero-order chi connectivity index (χ0) is 26.2. The molecule has 2 aromatic carbocycles. The average molecular weight is 524 g/mol. The molecule has 10 heteroatoms. The molecule has 8 nitrogen and oxygen atoms in total. The summed E-state index contributed by atoms with van der Waals surface area (Å²) >= 11 is 6.12. The van der Waals surface area contributed by atoms with E-state index in [2.05, 4.69) is 5.32 Å². The van der Waals surface area contributed by atoms with Crippen molar-refractivity contribution in [3.05, 3.63) is 59.1 Å². The Morgan fingerprint density at radius 2 is 1.77 bits per heavy atom. The van der Waals surface area contributed by atoms with Crippen molar-refractivity contribution < 1.29 is 22.7 Å². The molecule has 0 spiro atoms. The van der Waals surface area contributed by atoms with Crippen LogP contribution in [0, 0.1) is 5.92 Å². The predicted octanol–water partition coefficient (Wildman–Crippen LogP) is 3.69. The molecule has 0 fully saturated rings. The number of carbonyl (C=O) groups is 2. The summed E-state index contributed by atoms with van der Waals surface area (Å²) in [6.45, 7) is 5.89. The minimum Gasteiger partial charge on any atom is -0.495 e. The molecule has 0 aliphatic heterocycles. The van der Waals surface area contributed by atoms with Crippen LogP contribution in [0.4, 0.5) is 5.69 Å². The maximum absolute atomic E-state index is 13.7. The molecule has 2 aromatic rings. The molecule has 0 heterocycles. The largest absolute Gasteiger partial charge is 0.495 e. The summed E-state index contributed by atoms with van der Waals surface area (Å²) in [6, 6.07) is 13.0. The van der Waals surface area contributed by atoms with Gasteiger partial charge in [0, 0.05) is 18.1 Å². The first-order valence-corrected chi connectivity index (χ1v) is 13.6. The van der Waals surface area contributed by atoms with Crippen molar-refractivity contribution in [3.63, 3.8) is 0 Å². The summed E-state index contributed by atoms with van der Waals surface area (Å²) in [6.07, 6.45) is 1.37. The highest BCUT2D eigenvalue weighted by Gasteiger charge is 2.32. The van der Waals surface area contributed by atoms with Crippen LogP contribution in [0.5, 0.6) is 5.75 Å². The lowest BCUT2D eigenvalue weighted by Crippen LogP contribution is -2.52. The lowest BCUT2D eigenvalue weighted by Gasteiger charge is -2.33. The van der Waals surface area contributed by atoms with Crippen LogP contribution in [-0.4, -0.2) is 57.6 Å². The number of sulfonamides is 1. The van der Waals surface area contributed by atoms with E-state index in [1.165, 1.54) is 24.1 Å². The monoisotopic (exact) mass is 523 g/mol. The fourth-order valence-electron chi connectivity index (χ4n) is 3.57. The van der Waals surface area contributed by atoms with E-state index in [1.807, 2.05) is 51.1 Å². The summed E-state index contributed by atoms with van der Waals surface area (Å²) < 4.78 is 31.8. The Bertz CT molecular complexity index is 1110. The van der Waals surface area contributed by atoms with Gasteiger partial charge in [-0.05, 0) is 36.1 Å². The van der Waals surface area contributed by atoms with Gasteiger partial charge in [-0.25, -0.2) is 8.42 Å². The van der Waals surface area contributed by atoms with E-state index < -0.39 is 28.5 Å². The third kappa shape index (κ3) is 8.14. The third-order valence-corrected chi connectivity index (χ3v) is 6.72. The summed E-state index contributed by atoms with van der Waals surface area (Å²) in [5, 5.41) is 3.19. The second-order valence-electron chi connectivity index (χ2n) is 8.66. The molecular formula is C25H34ClN3O5S. The number of hydrogen-bond acceptors (Lipinski definition) is 5. The Balaban J connectivity index is 2.46. The van der Waals surface area contributed by atoms with Crippen molar-refractivity contribution in [2.24, 2.45) is 5.92 Å². The average Bonchev–Trinajstić information content (AvgIpc) is 2.80. The van der Waals surface area contributed by atoms with Crippen molar-refractivity contribution in [3.8, 4) is 5.75 Å². The van der Waals surface area contributed by atoms with Gasteiger partial charge in [0.25, 0.3) is 0 Å². The maximum Gasteiger partial charge on any atom is 0.244 e. The number of nitrogens with zero attached hydrogens (tertiary/aromatic N) is 2. The number of hydrogen-bond donors (Lipinski definition) is 1. The molecule has 35 heavy (non-hydrogen) atoms. The van der Waals surface area contributed by atoms with Gasteiger partial charge in [-0.2, -0.15) is 0 Å². The Labute approximate surface area is 213 Å². The van der Waals surface area contributed by atoms with E-state index in [4.69, 9.17) is 16.3 Å². The van der Waals surface area contributed by atoms with Crippen LogP contribution in [0.2, 0.25) is 5.02 Å². The minimum absolute atomic E-state index is 0.146. The minimum atomic E-state index is -3.90. The van der Waals surface area contributed by atoms with E-state index in [-0.39, 0.29) is 29.8 Å². The van der Waals surface area contributed by atoms with Crippen molar-refractivity contribution in [1.29, 1.82) is 0 Å². The van der Waals surface area contributed by atoms with E-state index in [1.54, 1.807) is 6.07 Å². The van der Waals surface area contributed by atoms with Gasteiger partial charge in [-0.1, -0.05) is 62.7 Å². The standard InChI is InChI=1S/C25H34ClN3O5S/c1-6-21(25(31)27-15-18(2)3)28(16-19-10-8-7-9-11-19)24(30)17-29(35(5,32)33)22-14-20(26)12-13-23(22)34-4/h7-14,18,21H,6,15-17H2,1-5H3,(H,27,31)/t21-/m1/s1. The second-order valence-corrected chi connectivity index (χ2v) is 11.0. The van der Waals surface area contributed by atoms with Gasteiger partial charge in [0.1, 0.15) is 18.3 Å². The molecule has 0 aliphatic carbocycles. The van der Waals surface area contributed by atoms with Gasteiger partial charge in [0.15, 0.2) is 0 Å². The fraction of sp³-hybridized carbons (Fsp3) is 0.440. The summed E-state index contributed by atoms with van der Waals surface area (Å²) in [5.41, 5.74) is 0.968. The van der Waals surface area contributed by atoms with E-state index in [9.17, 15) is 18.0 Å². The highest BCUT2D eigenvalue weighted by atomic mass is 35.5. The highest BCUT2D eigenvalue weighted by Crippen LogP contribution is 2.33. The molecule has 2 amide bonds. The molecule has 0 aliphatic rings. The summed E-state index contributed by atoms with van der Waals surface area (Å²) in [5.74, 6) is -0.306. The molecule has 2 rings (SSSR count). The first-order chi connectivity index (χ1) is 16.5. The molecule has 192 valence electrons.